The first-order chi connectivity index (χ1) is 15.2. The molecule has 1 aliphatic rings. The third-order valence-corrected chi connectivity index (χ3v) is 7.10. The molecule has 0 saturated carbocycles. The Bertz CT molecular complexity index is 1250. The van der Waals surface area contributed by atoms with E-state index in [1.54, 1.807) is 42.5 Å². The molecule has 1 amide bonds. The molecule has 1 aliphatic heterocycles. The summed E-state index contributed by atoms with van der Waals surface area (Å²) in [5, 5.41) is 12.1. The zero-order valence-corrected chi connectivity index (χ0v) is 19.7. The fourth-order valence-corrected chi connectivity index (χ4v) is 4.73. The molecule has 2 aromatic carbocycles. The number of aryl methyl sites for hydroxylation is 2. The molecule has 0 unspecified atom stereocenters. The number of amides is 1. The van der Waals surface area contributed by atoms with E-state index in [4.69, 9.17) is 27.9 Å². The van der Waals surface area contributed by atoms with Gasteiger partial charge in [0, 0.05) is 10.4 Å². The van der Waals surface area contributed by atoms with Crippen molar-refractivity contribution in [2.75, 3.05) is 12.0 Å². The number of aliphatic hydroxyl groups excluding tert-OH is 1. The summed E-state index contributed by atoms with van der Waals surface area (Å²) in [6.07, 6.45) is 0. The number of thiazole rings is 1. The number of ketones is 1. The van der Waals surface area contributed by atoms with Crippen LogP contribution < -0.4 is 9.64 Å². The summed E-state index contributed by atoms with van der Waals surface area (Å²) in [4.78, 5) is 33.0. The van der Waals surface area contributed by atoms with Crippen LogP contribution in [0.25, 0.3) is 5.76 Å². The lowest BCUT2D eigenvalue weighted by atomic mass is 9.95. The van der Waals surface area contributed by atoms with E-state index in [1.165, 1.54) is 23.3 Å². The highest BCUT2D eigenvalue weighted by Gasteiger charge is 2.48. The number of aromatic nitrogens is 1. The largest absolute Gasteiger partial charge is 0.507 e. The standard InChI is InChI=1S/C23H18Cl2N2O4S/c1-11-12(2)32-23(26-11)27-19(14-6-9-16(24)17(25)10-14)18(21(29)22(27)30)20(28)13-4-7-15(31-3)8-5-13/h4-10,19,28H,1-3H3/b20-18+/t19-/m1/s1. The van der Waals surface area contributed by atoms with Crippen molar-refractivity contribution < 1.29 is 19.4 Å². The van der Waals surface area contributed by atoms with Crippen molar-refractivity contribution in [1.82, 2.24) is 4.98 Å². The van der Waals surface area contributed by atoms with Crippen LogP contribution in [0.3, 0.4) is 0 Å². The Morgan fingerprint density at radius 2 is 1.78 bits per heavy atom. The highest BCUT2D eigenvalue weighted by atomic mass is 35.5. The minimum absolute atomic E-state index is 0.0518. The molecule has 6 nitrogen and oxygen atoms in total. The Labute approximate surface area is 198 Å². The van der Waals surface area contributed by atoms with Gasteiger partial charge in [-0.15, -0.1) is 11.3 Å². The van der Waals surface area contributed by atoms with E-state index in [-0.39, 0.29) is 16.4 Å². The normalized spacial score (nSPS) is 17.8. The van der Waals surface area contributed by atoms with Crippen LogP contribution in [0.4, 0.5) is 5.13 Å². The number of hydrogen-bond acceptors (Lipinski definition) is 6. The Morgan fingerprint density at radius 3 is 2.34 bits per heavy atom. The minimum Gasteiger partial charge on any atom is -0.507 e. The molecule has 1 saturated heterocycles. The third-order valence-electron chi connectivity index (χ3n) is 5.29. The number of carbonyl (C=O) groups is 2. The molecular weight excluding hydrogens is 471 g/mol. The number of carbonyl (C=O) groups excluding carboxylic acids is 2. The monoisotopic (exact) mass is 488 g/mol. The van der Waals surface area contributed by atoms with Gasteiger partial charge in [-0.25, -0.2) is 4.98 Å². The molecule has 0 radical (unpaired) electrons. The molecule has 0 aliphatic carbocycles. The number of hydrogen-bond donors (Lipinski definition) is 1. The van der Waals surface area contributed by atoms with Gasteiger partial charge >= 0.3 is 5.91 Å². The average Bonchev–Trinajstić information content (AvgIpc) is 3.25. The number of rotatable bonds is 4. The van der Waals surface area contributed by atoms with E-state index in [0.29, 0.717) is 27.0 Å². The van der Waals surface area contributed by atoms with Crippen LogP contribution in [-0.2, 0) is 9.59 Å². The molecule has 4 rings (SSSR count). The van der Waals surface area contributed by atoms with Crippen LogP contribution in [-0.4, -0.2) is 28.9 Å². The molecule has 32 heavy (non-hydrogen) atoms. The second-order valence-electron chi connectivity index (χ2n) is 7.21. The summed E-state index contributed by atoms with van der Waals surface area (Å²) >= 11 is 13.6. The topological polar surface area (TPSA) is 79.7 Å². The van der Waals surface area contributed by atoms with E-state index in [0.717, 1.165) is 10.6 Å². The summed E-state index contributed by atoms with van der Waals surface area (Å²) in [5.41, 5.74) is 1.61. The van der Waals surface area contributed by atoms with Gasteiger partial charge in [0.1, 0.15) is 11.5 Å². The summed E-state index contributed by atoms with van der Waals surface area (Å²) in [6.45, 7) is 3.72. The van der Waals surface area contributed by atoms with Gasteiger partial charge < -0.3 is 9.84 Å². The van der Waals surface area contributed by atoms with Gasteiger partial charge in [-0.1, -0.05) is 29.3 Å². The number of ether oxygens (including phenoxy) is 1. The van der Waals surface area contributed by atoms with Gasteiger partial charge in [0.05, 0.1) is 34.5 Å². The van der Waals surface area contributed by atoms with Crippen molar-refractivity contribution in [3.63, 3.8) is 0 Å². The number of Topliss-reactive ketones (excluding diaryl/α,β-unsaturated/α-hetero) is 1. The zero-order valence-electron chi connectivity index (χ0n) is 17.3. The predicted molar refractivity (Wildman–Crippen MR) is 126 cm³/mol. The number of anilines is 1. The Kier molecular flexibility index (Phi) is 5.99. The number of halogens is 2. The average molecular weight is 489 g/mol. The fraction of sp³-hybridized carbons (Fsp3) is 0.174. The lowest BCUT2D eigenvalue weighted by Gasteiger charge is -2.23. The van der Waals surface area contributed by atoms with Crippen molar-refractivity contribution in [3.8, 4) is 5.75 Å². The van der Waals surface area contributed by atoms with Crippen LogP contribution in [0.15, 0.2) is 48.0 Å². The van der Waals surface area contributed by atoms with Crippen molar-refractivity contribution in [1.29, 1.82) is 0 Å². The van der Waals surface area contributed by atoms with E-state index in [2.05, 4.69) is 4.98 Å². The van der Waals surface area contributed by atoms with Gasteiger partial charge in [0.15, 0.2) is 5.13 Å². The first-order valence-electron chi connectivity index (χ1n) is 9.57. The summed E-state index contributed by atoms with van der Waals surface area (Å²) in [5.74, 6) is -1.28. The minimum atomic E-state index is -0.920. The SMILES string of the molecule is COc1ccc(/C(O)=C2\C(=O)C(=O)N(c3nc(C)c(C)s3)[C@@H]2c2ccc(Cl)c(Cl)c2)cc1. The van der Waals surface area contributed by atoms with E-state index >= 15 is 0 Å². The predicted octanol–water partition coefficient (Wildman–Crippen LogP) is 5.70. The van der Waals surface area contributed by atoms with Crippen LogP contribution in [0.5, 0.6) is 5.75 Å². The Balaban J connectivity index is 1.94. The molecule has 1 N–H and O–H groups in total. The highest BCUT2D eigenvalue weighted by Crippen LogP contribution is 2.44. The molecule has 1 fully saturated rings. The molecular formula is C23H18Cl2N2O4S. The van der Waals surface area contributed by atoms with Gasteiger partial charge in [-0.3, -0.25) is 14.5 Å². The van der Waals surface area contributed by atoms with Crippen LogP contribution >= 0.6 is 34.5 Å². The van der Waals surface area contributed by atoms with Gasteiger partial charge in [0.2, 0.25) is 0 Å². The smallest absolute Gasteiger partial charge is 0.301 e. The second-order valence-corrected chi connectivity index (χ2v) is 9.21. The molecule has 0 spiro atoms. The molecule has 0 bridgehead atoms. The second kappa shape index (κ2) is 8.58. The van der Waals surface area contributed by atoms with Gasteiger partial charge in [-0.05, 0) is 55.8 Å². The molecule has 1 aromatic heterocycles. The number of aliphatic hydroxyl groups is 1. The third kappa shape index (κ3) is 3.77. The number of methoxy groups -OCH3 is 1. The van der Waals surface area contributed by atoms with Crippen molar-refractivity contribution in [2.45, 2.75) is 19.9 Å². The van der Waals surface area contributed by atoms with Gasteiger partial charge in [0.25, 0.3) is 5.78 Å². The van der Waals surface area contributed by atoms with Crippen LogP contribution in [0.1, 0.15) is 27.7 Å². The van der Waals surface area contributed by atoms with Crippen molar-refractivity contribution in [3.05, 3.63) is 79.8 Å². The first-order valence-corrected chi connectivity index (χ1v) is 11.1. The highest BCUT2D eigenvalue weighted by molar-refractivity contribution is 7.16. The molecule has 1 atom stereocenters. The molecule has 2 heterocycles. The van der Waals surface area contributed by atoms with E-state index in [9.17, 15) is 14.7 Å². The van der Waals surface area contributed by atoms with Crippen LogP contribution in [0, 0.1) is 13.8 Å². The summed E-state index contributed by atoms with van der Waals surface area (Å²) < 4.78 is 5.15. The van der Waals surface area contributed by atoms with Crippen LogP contribution in [0.2, 0.25) is 10.0 Å². The van der Waals surface area contributed by atoms with Crippen molar-refractivity contribution >= 4 is 57.1 Å². The lowest BCUT2D eigenvalue weighted by molar-refractivity contribution is -0.132. The Morgan fingerprint density at radius 1 is 1.09 bits per heavy atom. The Hall–Kier alpha value is -2.87. The summed E-state index contributed by atoms with van der Waals surface area (Å²) in [6, 6.07) is 10.5. The first kappa shape index (κ1) is 22.3. The maximum atomic E-state index is 13.1. The van der Waals surface area contributed by atoms with Crippen molar-refractivity contribution in [2.24, 2.45) is 0 Å². The van der Waals surface area contributed by atoms with E-state index in [1.807, 2.05) is 13.8 Å². The lowest BCUT2D eigenvalue weighted by Crippen LogP contribution is -2.29. The zero-order chi connectivity index (χ0) is 23.2. The molecule has 9 heteroatoms. The maximum absolute atomic E-state index is 13.1. The molecule has 164 valence electrons. The maximum Gasteiger partial charge on any atom is 0.301 e. The quantitative estimate of drug-likeness (QED) is 0.289. The van der Waals surface area contributed by atoms with E-state index < -0.39 is 17.7 Å². The fourth-order valence-electron chi connectivity index (χ4n) is 3.49. The molecule has 3 aromatic rings. The number of nitrogens with zero attached hydrogens (tertiary/aromatic N) is 2. The summed E-state index contributed by atoms with van der Waals surface area (Å²) in [7, 11) is 1.53. The number of benzene rings is 2. The van der Waals surface area contributed by atoms with Gasteiger partial charge in [-0.2, -0.15) is 0 Å².